The van der Waals surface area contributed by atoms with Crippen LogP contribution in [0.25, 0.3) is 0 Å². The number of hydrogen-bond acceptors (Lipinski definition) is 3. The molecule has 1 amide bonds. The molecule has 0 rings (SSSR count). The minimum Gasteiger partial charge on any atom is -0.444 e. The number of nitrogens with zero attached hydrogens (tertiary/aromatic N) is 1. The smallest absolute Gasteiger partial charge is 0.407 e. The lowest BCUT2D eigenvalue weighted by atomic mass is 10.2. The Morgan fingerprint density at radius 2 is 2.05 bits per heavy atom. The number of nitrogens with two attached hydrogens (primary N) is 1. The van der Waals surface area contributed by atoms with E-state index in [9.17, 15) is 4.79 Å². The second-order valence-electron chi connectivity index (χ2n) is 5.00. The quantitative estimate of drug-likeness (QED) is 0.328. The van der Waals surface area contributed by atoms with Crippen LogP contribution in [-0.2, 0) is 4.74 Å². The number of carbonyl (C=O) groups is 1. The van der Waals surface area contributed by atoms with Crippen LogP contribution in [0.15, 0.2) is 17.6 Å². The Bertz CT molecular complexity index is 299. The molecule has 0 saturated heterocycles. The van der Waals surface area contributed by atoms with Crippen molar-refractivity contribution in [1.29, 1.82) is 0 Å². The number of carbonyl (C=O) groups excluding carboxylic acids is 1. The van der Waals surface area contributed by atoms with Crippen LogP contribution in [0.5, 0.6) is 0 Å². The molecule has 19 heavy (non-hydrogen) atoms. The van der Waals surface area contributed by atoms with Crippen LogP contribution in [0.2, 0.25) is 0 Å². The zero-order valence-electron chi connectivity index (χ0n) is 12.1. The molecule has 0 aromatic heterocycles. The zero-order valence-corrected chi connectivity index (χ0v) is 12.9. The normalized spacial score (nSPS) is 11.4. The maximum atomic E-state index is 11.3. The molecule has 0 unspecified atom stereocenters. The maximum absolute atomic E-state index is 11.3. The van der Waals surface area contributed by atoms with Crippen LogP contribution < -0.4 is 11.1 Å². The molecule has 0 atom stereocenters. The number of nitrogens with one attached hydrogen (secondary N) is 1. The van der Waals surface area contributed by atoms with E-state index in [0.29, 0.717) is 25.3 Å². The molecule has 112 valence electrons. The fourth-order valence-corrected chi connectivity index (χ4v) is 1.18. The highest BCUT2D eigenvalue weighted by atomic mass is 35.5. The van der Waals surface area contributed by atoms with Crippen LogP contribution in [-0.4, -0.2) is 30.6 Å². The molecule has 5 nitrogen and oxygen atoms in total. The van der Waals surface area contributed by atoms with Gasteiger partial charge in [-0.3, -0.25) is 4.99 Å². The Kier molecular flexibility index (Phi) is 11.3. The minimum absolute atomic E-state index is 0. The maximum Gasteiger partial charge on any atom is 0.407 e. The molecule has 0 aliphatic heterocycles. The van der Waals surface area contributed by atoms with E-state index in [0.717, 1.165) is 12.8 Å². The summed E-state index contributed by atoms with van der Waals surface area (Å²) in [5.41, 5.74) is 5.15. The summed E-state index contributed by atoms with van der Waals surface area (Å²) >= 11 is 0. The third-order valence-electron chi connectivity index (χ3n) is 1.92. The van der Waals surface area contributed by atoms with Crippen LogP contribution in [0.1, 0.15) is 40.0 Å². The molecule has 3 N–H and O–H groups in total. The number of aliphatic imine (C=N–C) groups is 1. The van der Waals surface area contributed by atoms with Gasteiger partial charge in [0.2, 0.25) is 0 Å². The molecule has 0 aromatic carbocycles. The first kappa shape index (κ1) is 20.1. The second-order valence-corrected chi connectivity index (χ2v) is 5.00. The van der Waals surface area contributed by atoms with E-state index in [-0.39, 0.29) is 18.5 Å². The molecule has 0 aromatic rings. The molecule has 0 aliphatic carbocycles. The van der Waals surface area contributed by atoms with E-state index in [1.807, 2.05) is 20.8 Å². The standard InChI is InChI=1S/C13H25N3O2.ClH/c1-5-8-11(14)15-9-6-7-10-16-12(17)18-13(2,3)4;/h5H,1,6-10H2,2-4H3,(H2,14,15)(H,16,17);1H. The molecule has 0 saturated carbocycles. The van der Waals surface area contributed by atoms with Crippen molar-refractivity contribution >= 4 is 24.3 Å². The van der Waals surface area contributed by atoms with Crippen molar-refractivity contribution in [1.82, 2.24) is 5.32 Å². The number of halogens is 1. The fraction of sp³-hybridized carbons (Fsp3) is 0.692. The Morgan fingerprint density at radius 3 is 2.58 bits per heavy atom. The van der Waals surface area contributed by atoms with Crippen molar-refractivity contribution in [3.8, 4) is 0 Å². The van der Waals surface area contributed by atoms with Crippen molar-refractivity contribution < 1.29 is 9.53 Å². The van der Waals surface area contributed by atoms with Crippen molar-refractivity contribution in [2.75, 3.05) is 13.1 Å². The lowest BCUT2D eigenvalue weighted by Crippen LogP contribution is -2.33. The number of amides is 1. The fourth-order valence-electron chi connectivity index (χ4n) is 1.18. The number of unbranched alkanes of at least 4 members (excludes halogenated alkanes) is 1. The van der Waals surface area contributed by atoms with E-state index in [1.165, 1.54) is 0 Å². The number of ether oxygens (including phenoxy) is 1. The van der Waals surface area contributed by atoms with Gasteiger partial charge in [0.25, 0.3) is 0 Å². The van der Waals surface area contributed by atoms with Crippen molar-refractivity contribution in [2.24, 2.45) is 10.7 Å². The molecule has 0 spiro atoms. The van der Waals surface area contributed by atoms with Gasteiger partial charge in [0.1, 0.15) is 5.60 Å². The topological polar surface area (TPSA) is 76.7 Å². The van der Waals surface area contributed by atoms with E-state index >= 15 is 0 Å². The van der Waals surface area contributed by atoms with Gasteiger partial charge in [-0.05, 0) is 33.6 Å². The molecular weight excluding hydrogens is 266 g/mol. The summed E-state index contributed by atoms with van der Waals surface area (Å²) in [6.45, 7) is 10.4. The highest BCUT2D eigenvalue weighted by Crippen LogP contribution is 2.06. The number of hydrogen-bond donors (Lipinski definition) is 2. The monoisotopic (exact) mass is 291 g/mol. The molecule has 0 fully saturated rings. The lowest BCUT2D eigenvalue weighted by molar-refractivity contribution is 0.0527. The summed E-state index contributed by atoms with van der Waals surface area (Å²) in [4.78, 5) is 15.5. The van der Waals surface area contributed by atoms with Gasteiger partial charge in [-0.1, -0.05) is 6.08 Å². The van der Waals surface area contributed by atoms with Crippen LogP contribution >= 0.6 is 12.4 Å². The molecule has 6 heteroatoms. The Hall–Kier alpha value is -1.23. The summed E-state index contributed by atoms with van der Waals surface area (Å²) in [6, 6.07) is 0. The first-order valence-corrected chi connectivity index (χ1v) is 6.21. The van der Waals surface area contributed by atoms with Gasteiger partial charge in [-0.15, -0.1) is 19.0 Å². The minimum atomic E-state index is -0.451. The summed E-state index contributed by atoms with van der Waals surface area (Å²) in [7, 11) is 0. The van der Waals surface area contributed by atoms with Crippen LogP contribution in [0, 0.1) is 0 Å². The Balaban J connectivity index is 0. The van der Waals surface area contributed by atoms with E-state index in [2.05, 4.69) is 16.9 Å². The molecular formula is C13H26ClN3O2. The van der Waals surface area contributed by atoms with Gasteiger partial charge in [0.15, 0.2) is 0 Å². The summed E-state index contributed by atoms with van der Waals surface area (Å²) < 4.78 is 5.11. The van der Waals surface area contributed by atoms with E-state index in [4.69, 9.17) is 10.5 Å². The molecule has 0 heterocycles. The van der Waals surface area contributed by atoms with Crippen LogP contribution in [0.3, 0.4) is 0 Å². The first-order valence-electron chi connectivity index (χ1n) is 6.21. The highest BCUT2D eigenvalue weighted by molar-refractivity contribution is 5.85. The average molecular weight is 292 g/mol. The van der Waals surface area contributed by atoms with Gasteiger partial charge >= 0.3 is 6.09 Å². The summed E-state index contributed by atoms with van der Waals surface area (Å²) in [6.07, 6.45) is 3.70. The Labute approximate surface area is 122 Å². The lowest BCUT2D eigenvalue weighted by Gasteiger charge is -2.19. The number of rotatable bonds is 7. The highest BCUT2D eigenvalue weighted by Gasteiger charge is 2.15. The number of alkyl carbamates (subject to hydrolysis) is 1. The Morgan fingerprint density at radius 1 is 1.42 bits per heavy atom. The predicted octanol–water partition coefficient (Wildman–Crippen LogP) is 2.65. The van der Waals surface area contributed by atoms with Gasteiger partial charge in [-0.2, -0.15) is 0 Å². The second kappa shape index (κ2) is 10.7. The number of amidine groups is 1. The average Bonchev–Trinajstić information content (AvgIpc) is 2.21. The molecule has 0 bridgehead atoms. The van der Waals surface area contributed by atoms with Gasteiger partial charge in [-0.25, -0.2) is 4.79 Å². The largest absolute Gasteiger partial charge is 0.444 e. The van der Waals surface area contributed by atoms with E-state index in [1.54, 1.807) is 6.08 Å². The van der Waals surface area contributed by atoms with Crippen LogP contribution in [0.4, 0.5) is 4.79 Å². The summed E-state index contributed by atoms with van der Waals surface area (Å²) in [5, 5.41) is 2.70. The zero-order chi connectivity index (χ0) is 14.0. The first-order chi connectivity index (χ1) is 8.35. The van der Waals surface area contributed by atoms with Gasteiger partial charge < -0.3 is 15.8 Å². The third-order valence-corrected chi connectivity index (χ3v) is 1.92. The van der Waals surface area contributed by atoms with Gasteiger partial charge in [0, 0.05) is 19.5 Å². The SMILES string of the molecule is C=CCC(N)=NCCCCNC(=O)OC(C)(C)C.Cl. The summed E-state index contributed by atoms with van der Waals surface area (Å²) in [5.74, 6) is 0.602. The van der Waals surface area contributed by atoms with Crippen molar-refractivity contribution in [3.63, 3.8) is 0 Å². The molecule has 0 radical (unpaired) electrons. The van der Waals surface area contributed by atoms with Crippen molar-refractivity contribution in [2.45, 2.75) is 45.6 Å². The van der Waals surface area contributed by atoms with E-state index < -0.39 is 5.60 Å². The third kappa shape index (κ3) is 14.7. The molecule has 0 aliphatic rings. The van der Waals surface area contributed by atoms with Gasteiger partial charge in [0.05, 0.1) is 5.84 Å². The van der Waals surface area contributed by atoms with Crippen molar-refractivity contribution in [3.05, 3.63) is 12.7 Å². The predicted molar refractivity (Wildman–Crippen MR) is 82.0 cm³/mol.